The lowest BCUT2D eigenvalue weighted by molar-refractivity contribution is -0.120. The van der Waals surface area contributed by atoms with Crippen LogP contribution in [-0.4, -0.2) is 33.8 Å². The third kappa shape index (κ3) is 3.38. The number of rotatable bonds is 3. The second kappa shape index (κ2) is 6.78. The minimum atomic E-state index is -0.458. The lowest BCUT2D eigenvalue weighted by Gasteiger charge is -2.19. The molecule has 3 aromatic rings. The summed E-state index contributed by atoms with van der Waals surface area (Å²) < 4.78 is 1.96. The fourth-order valence-corrected chi connectivity index (χ4v) is 3.45. The van der Waals surface area contributed by atoms with Crippen molar-refractivity contribution in [2.75, 3.05) is 6.54 Å². The summed E-state index contributed by atoms with van der Waals surface area (Å²) >= 11 is 0. The Morgan fingerprint density at radius 1 is 1.21 bits per heavy atom. The van der Waals surface area contributed by atoms with Gasteiger partial charge in [0.25, 0.3) is 5.91 Å². The first-order valence-electron chi connectivity index (χ1n) is 9.49. The topological polar surface area (TPSA) is 75.5 Å². The van der Waals surface area contributed by atoms with Crippen LogP contribution in [0.25, 0.3) is 16.9 Å². The highest BCUT2D eigenvalue weighted by molar-refractivity contribution is 5.98. The molecule has 0 radical (unpaired) electrons. The number of hydrogen-bond acceptors (Lipinski definition) is 3. The van der Waals surface area contributed by atoms with Gasteiger partial charge < -0.3 is 10.6 Å². The first-order valence-corrected chi connectivity index (χ1v) is 9.49. The van der Waals surface area contributed by atoms with E-state index in [1.54, 1.807) is 12.1 Å². The van der Waals surface area contributed by atoms with Gasteiger partial charge in [-0.15, -0.1) is 0 Å². The Bertz CT molecular complexity index is 1040. The van der Waals surface area contributed by atoms with Crippen LogP contribution in [-0.2, 0) is 10.2 Å². The second-order valence-corrected chi connectivity index (χ2v) is 8.22. The molecule has 2 N–H and O–H groups in total. The zero-order chi connectivity index (χ0) is 19.9. The van der Waals surface area contributed by atoms with E-state index in [4.69, 9.17) is 0 Å². The van der Waals surface area contributed by atoms with Crippen molar-refractivity contribution in [1.29, 1.82) is 0 Å². The van der Waals surface area contributed by atoms with E-state index in [1.807, 2.05) is 16.8 Å². The van der Waals surface area contributed by atoms with E-state index in [0.717, 1.165) is 11.3 Å². The van der Waals surface area contributed by atoms with Gasteiger partial charge in [0.2, 0.25) is 5.91 Å². The molecule has 2 aromatic heterocycles. The lowest BCUT2D eigenvalue weighted by Crippen LogP contribution is -2.40. The Kier molecular flexibility index (Phi) is 4.41. The summed E-state index contributed by atoms with van der Waals surface area (Å²) in [5.41, 5.74) is 4.61. The van der Waals surface area contributed by atoms with Crippen molar-refractivity contribution < 1.29 is 9.59 Å². The van der Waals surface area contributed by atoms with Crippen LogP contribution < -0.4 is 10.6 Å². The average molecular weight is 376 g/mol. The molecule has 1 atom stereocenters. The van der Waals surface area contributed by atoms with Crippen molar-refractivity contribution >= 4 is 17.5 Å². The van der Waals surface area contributed by atoms with Crippen LogP contribution in [0.5, 0.6) is 0 Å². The Balaban J connectivity index is 1.59. The van der Waals surface area contributed by atoms with Gasteiger partial charge in [0, 0.05) is 23.9 Å². The molecule has 4 rings (SSSR count). The van der Waals surface area contributed by atoms with Gasteiger partial charge in [-0.05, 0) is 29.5 Å². The summed E-state index contributed by atoms with van der Waals surface area (Å²) in [5, 5.41) is 5.50. The summed E-state index contributed by atoms with van der Waals surface area (Å²) in [4.78, 5) is 28.6. The molecule has 0 bridgehead atoms. The van der Waals surface area contributed by atoms with Gasteiger partial charge in [0.05, 0.1) is 11.9 Å². The second-order valence-electron chi connectivity index (χ2n) is 8.22. The van der Waals surface area contributed by atoms with Gasteiger partial charge in [0.15, 0.2) is 0 Å². The Morgan fingerprint density at radius 2 is 1.96 bits per heavy atom. The maximum Gasteiger partial charge on any atom is 0.252 e. The SMILES string of the molecule is CC(C)(C)c1ccc(-c2cnc3cc(C(=O)NC4CCNC4=O)ccn23)cc1. The monoisotopic (exact) mass is 376 g/mol. The van der Waals surface area contributed by atoms with Gasteiger partial charge in [-0.2, -0.15) is 0 Å². The number of nitrogens with one attached hydrogen (secondary N) is 2. The number of hydrogen-bond donors (Lipinski definition) is 2. The van der Waals surface area contributed by atoms with Crippen LogP contribution >= 0.6 is 0 Å². The molecule has 144 valence electrons. The molecular weight excluding hydrogens is 352 g/mol. The predicted molar refractivity (Wildman–Crippen MR) is 108 cm³/mol. The molecule has 1 saturated heterocycles. The number of benzene rings is 1. The molecule has 1 aromatic carbocycles. The van der Waals surface area contributed by atoms with Crippen LogP contribution in [0.2, 0.25) is 0 Å². The Labute approximate surface area is 164 Å². The normalized spacial score (nSPS) is 17.0. The van der Waals surface area contributed by atoms with E-state index in [0.29, 0.717) is 24.2 Å². The molecule has 2 amide bonds. The zero-order valence-corrected chi connectivity index (χ0v) is 16.3. The molecule has 1 fully saturated rings. The summed E-state index contributed by atoms with van der Waals surface area (Å²) in [6, 6.07) is 11.5. The van der Waals surface area contributed by atoms with E-state index in [1.165, 1.54) is 5.56 Å². The minimum Gasteiger partial charge on any atom is -0.354 e. The molecule has 6 nitrogen and oxygen atoms in total. The number of aromatic nitrogens is 2. The fraction of sp³-hybridized carbons (Fsp3) is 0.318. The zero-order valence-electron chi connectivity index (χ0n) is 16.3. The smallest absolute Gasteiger partial charge is 0.252 e. The van der Waals surface area contributed by atoms with Crippen LogP contribution in [0.15, 0.2) is 48.8 Å². The summed E-state index contributed by atoms with van der Waals surface area (Å²) in [6.45, 7) is 7.18. The van der Waals surface area contributed by atoms with Crippen molar-refractivity contribution in [2.45, 2.75) is 38.6 Å². The Morgan fingerprint density at radius 3 is 2.61 bits per heavy atom. The standard InChI is InChI=1S/C22H24N4O2/c1-22(2,3)16-6-4-14(5-7-16)18-13-24-19-12-15(9-11-26(18)19)20(27)25-17-8-10-23-21(17)28/h4-7,9,11-13,17H,8,10H2,1-3H3,(H,23,28)(H,25,27). The molecule has 1 aliphatic heterocycles. The number of fused-ring (bicyclic) bond motifs is 1. The molecule has 0 aliphatic carbocycles. The molecular formula is C22H24N4O2. The largest absolute Gasteiger partial charge is 0.354 e. The van der Waals surface area contributed by atoms with E-state index < -0.39 is 6.04 Å². The lowest BCUT2D eigenvalue weighted by atomic mass is 9.86. The highest BCUT2D eigenvalue weighted by Crippen LogP contribution is 2.26. The number of amides is 2. The number of carbonyl (C=O) groups is 2. The minimum absolute atomic E-state index is 0.108. The third-order valence-electron chi connectivity index (χ3n) is 5.18. The van der Waals surface area contributed by atoms with Crippen LogP contribution in [0.1, 0.15) is 43.1 Å². The van der Waals surface area contributed by atoms with Crippen molar-refractivity contribution in [1.82, 2.24) is 20.0 Å². The van der Waals surface area contributed by atoms with Gasteiger partial charge in [-0.25, -0.2) is 4.98 Å². The van der Waals surface area contributed by atoms with E-state index >= 15 is 0 Å². The van der Waals surface area contributed by atoms with Crippen LogP contribution in [0, 0.1) is 0 Å². The van der Waals surface area contributed by atoms with Crippen molar-refractivity contribution in [2.24, 2.45) is 0 Å². The van der Waals surface area contributed by atoms with Gasteiger partial charge in [0.1, 0.15) is 11.7 Å². The predicted octanol–water partition coefficient (Wildman–Crippen LogP) is 2.92. The molecule has 1 aliphatic rings. The third-order valence-corrected chi connectivity index (χ3v) is 5.18. The van der Waals surface area contributed by atoms with Crippen molar-refractivity contribution in [3.63, 3.8) is 0 Å². The molecule has 3 heterocycles. The summed E-state index contributed by atoms with van der Waals surface area (Å²) in [6.07, 6.45) is 4.28. The van der Waals surface area contributed by atoms with Crippen molar-refractivity contribution in [3.05, 3.63) is 59.9 Å². The molecule has 6 heteroatoms. The Hall–Kier alpha value is -3.15. The fourth-order valence-electron chi connectivity index (χ4n) is 3.45. The maximum absolute atomic E-state index is 12.5. The first-order chi connectivity index (χ1) is 13.3. The molecule has 1 unspecified atom stereocenters. The molecule has 28 heavy (non-hydrogen) atoms. The quantitative estimate of drug-likeness (QED) is 0.738. The van der Waals surface area contributed by atoms with Gasteiger partial charge in [-0.3, -0.25) is 14.0 Å². The number of imidazole rings is 1. The number of pyridine rings is 1. The van der Waals surface area contributed by atoms with E-state index in [-0.39, 0.29) is 17.2 Å². The van der Waals surface area contributed by atoms with Gasteiger partial charge in [-0.1, -0.05) is 45.0 Å². The highest BCUT2D eigenvalue weighted by Gasteiger charge is 2.26. The maximum atomic E-state index is 12.5. The van der Waals surface area contributed by atoms with Crippen LogP contribution in [0.3, 0.4) is 0 Å². The summed E-state index contributed by atoms with van der Waals surface area (Å²) in [7, 11) is 0. The average Bonchev–Trinajstić information content (AvgIpc) is 3.27. The van der Waals surface area contributed by atoms with Gasteiger partial charge >= 0.3 is 0 Å². The molecule has 0 saturated carbocycles. The van der Waals surface area contributed by atoms with E-state index in [9.17, 15) is 9.59 Å². The van der Waals surface area contributed by atoms with Crippen LogP contribution in [0.4, 0.5) is 0 Å². The molecule has 0 spiro atoms. The van der Waals surface area contributed by atoms with E-state index in [2.05, 4.69) is 60.7 Å². The summed E-state index contributed by atoms with van der Waals surface area (Å²) in [5.74, 6) is -0.389. The highest BCUT2D eigenvalue weighted by atomic mass is 16.2. The number of carbonyl (C=O) groups excluding carboxylic acids is 2. The van der Waals surface area contributed by atoms with Crippen molar-refractivity contribution in [3.8, 4) is 11.3 Å². The number of nitrogens with zero attached hydrogens (tertiary/aromatic N) is 2. The first kappa shape index (κ1) is 18.2.